The first kappa shape index (κ1) is 21.4. The van der Waals surface area contributed by atoms with Gasteiger partial charge in [0, 0.05) is 12.0 Å². The number of benzene rings is 2. The van der Waals surface area contributed by atoms with Crippen molar-refractivity contribution < 1.29 is 22.7 Å². The van der Waals surface area contributed by atoms with Gasteiger partial charge < -0.3 is 14.8 Å². The van der Waals surface area contributed by atoms with Gasteiger partial charge in [-0.1, -0.05) is 37.6 Å². The highest BCUT2D eigenvalue weighted by Gasteiger charge is 2.62. The standard InChI is InChI=1S/C20H23ClN2O5S/c1-20(2)17(11-5-7-12(8-6-11)29(22,25)26)18(20)19(24)23-14-9-13(21)15(27-3)10-16(14)28-4/h5-10,17-18H,1-4H3,(H,23,24)(H2,22,25,26). The van der Waals surface area contributed by atoms with Gasteiger partial charge in [0.1, 0.15) is 11.5 Å². The van der Waals surface area contributed by atoms with Crippen LogP contribution in [0.1, 0.15) is 25.3 Å². The smallest absolute Gasteiger partial charge is 0.238 e. The molecule has 1 amide bonds. The zero-order valence-corrected chi connectivity index (χ0v) is 18.1. The summed E-state index contributed by atoms with van der Waals surface area (Å²) in [7, 11) is -0.765. The van der Waals surface area contributed by atoms with Crippen molar-refractivity contribution >= 4 is 33.2 Å². The van der Waals surface area contributed by atoms with Gasteiger partial charge in [0.15, 0.2) is 0 Å². The lowest BCUT2D eigenvalue weighted by Crippen LogP contribution is -2.17. The van der Waals surface area contributed by atoms with Crippen LogP contribution in [0.2, 0.25) is 5.02 Å². The largest absolute Gasteiger partial charge is 0.495 e. The molecule has 1 aliphatic rings. The monoisotopic (exact) mass is 438 g/mol. The van der Waals surface area contributed by atoms with Crippen molar-refractivity contribution in [3.63, 3.8) is 0 Å². The van der Waals surface area contributed by atoms with E-state index < -0.39 is 10.0 Å². The number of nitrogens with two attached hydrogens (primary N) is 1. The Morgan fingerprint density at radius 3 is 2.21 bits per heavy atom. The molecule has 1 fully saturated rings. The lowest BCUT2D eigenvalue weighted by atomic mass is 10.0. The summed E-state index contributed by atoms with van der Waals surface area (Å²) >= 11 is 6.18. The number of nitrogens with one attached hydrogen (secondary N) is 1. The molecule has 2 unspecified atom stereocenters. The molecule has 7 nitrogen and oxygen atoms in total. The molecule has 0 aromatic heterocycles. The van der Waals surface area contributed by atoms with Gasteiger partial charge in [-0.2, -0.15) is 0 Å². The van der Waals surface area contributed by atoms with Crippen molar-refractivity contribution in [3.8, 4) is 11.5 Å². The van der Waals surface area contributed by atoms with Crippen LogP contribution >= 0.6 is 11.6 Å². The molecular formula is C20H23ClN2O5S. The Kier molecular flexibility index (Phi) is 5.55. The summed E-state index contributed by atoms with van der Waals surface area (Å²) in [4.78, 5) is 13.0. The zero-order valence-electron chi connectivity index (χ0n) is 16.5. The number of carbonyl (C=O) groups is 1. The lowest BCUT2D eigenvalue weighted by Gasteiger charge is -2.13. The van der Waals surface area contributed by atoms with Crippen LogP contribution in [0, 0.1) is 11.3 Å². The topological polar surface area (TPSA) is 108 Å². The first-order valence-corrected chi connectivity index (χ1v) is 10.8. The van der Waals surface area contributed by atoms with Crippen molar-refractivity contribution in [2.24, 2.45) is 16.5 Å². The highest BCUT2D eigenvalue weighted by atomic mass is 35.5. The lowest BCUT2D eigenvalue weighted by molar-refractivity contribution is -0.118. The van der Waals surface area contributed by atoms with E-state index in [1.54, 1.807) is 24.3 Å². The molecular weight excluding hydrogens is 416 g/mol. The summed E-state index contributed by atoms with van der Waals surface area (Å²) in [5.74, 6) is 0.355. The molecule has 2 atom stereocenters. The van der Waals surface area contributed by atoms with Gasteiger partial charge in [-0.3, -0.25) is 4.79 Å². The molecule has 0 aliphatic heterocycles. The maximum Gasteiger partial charge on any atom is 0.238 e. The number of sulfonamides is 1. The summed E-state index contributed by atoms with van der Waals surface area (Å²) in [6, 6.07) is 9.51. The number of ether oxygens (including phenoxy) is 2. The SMILES string of the molecule is COc1cc(OC)c(NC(=O)C2C(c3ccc(S(N)(=O)=O)cc3)C2(C)C)cc1Cl. The van der Waals surface area contributed by atoms with E-state index in [9.17, 15) is 13.2 Å². The van der Waals surface area contributed by atoms with Crippen LogP contribution < -0.4 is 19.9 Å². The third kappa shape index (κ3) is 4.05. The van der Waals surface area contributed by atoms with Crippen molar-refractivity contribution in [1.29, 1.82) is 0 Å². The van der Waals surface area contributed by atoms with Crippen molar-refractivity contribution in [2.75, 3.05) is 19.5 Å². The quantitative estimate of drug-likeness (QED) is 0.718. The minimum atomic E-state index is -3.76. The molecule has 0 radical (unpaired) electrons. The molecule has 29 heavy (non-hydrogen) atoms. The second kappa shape index (κ2) is 7.51. The van der Waals surface area contributed by atoms with Crippen LogP contribution in [0.5, 0.6) is 11.5 Å². The first-order valence-electron chi connectivity index (χ1n) is 8.86. The fourth-order valence-electron chi connectivity index (χ4n) is 3.78. The van der Waals surface area contributed by atoms with Gasteiger partial charge in [0.25, 0.3) is 0 Å². The zero-order chi connectivity index (χ0) is 21.6. The summed E-state index contributed by atoms with van der Waals surface area (Å²) in [5, 5.41) is 8.39. The molecule has 0 spiro atoms. The van der Waals surface area contributed by atoms with Gasteiger partial charge in [0.2, 0.25) is 15.9 Å². The van der Waals surface area contributed by atoms with Crippen LogP contribution in [0.4, 0.5) is 5.69 Å². The van der Waals surface area contributed by atoms with Crippen LogP contribution in [0.3, 0.4) is 0 Å². The van der Waals surface area contributed by atoms with E-state index in [4.69, 9.17) is 26.2 Å². The summed E-state index contributed by atoms with van der Waals surface area (Å²) in [5.41, 5.74) is 1.04. The Labute approximate surface area is 175 Å². The molecule has 3 rings (SSSR count). The molecule has 3 N–H and O–H groups in total. The molecule has 1 saturated carbocycles. The van der Waals surface area contributed by atoms with Crippen LogP contribution in [0.15, 0.2) is 41.3 Å². The van der Waals surface area contributed by atoms with Gasteiger partial charge in [0.05, 0.1) is 35.7 Å². The van der Waals surface area contributed by atoms with E-state index in [2.05, 4.69) is 5.32 Å². The number of halogens is 1. The summed E-state index contributed by atoms with van der Waals surface area (Å²) in [6.45, 7) is 3.99. The minimum absolute atomic E-state index is 0.0401. The van der Waals surface area contributed by atoms with Crippen LogP contribution in [-0.4, -0.2) is 28.5 Å². The fourth-order valence-corrected chi connectivity index (χ4v) is 4.54. The summed E-state index contributed by atoms with van der Waals surface area (Å²) in [6.07, 6.45) is 0. The highest BCUT2D eigenvalue weighted by molar-refractivity contribution is 7.89. The molecule has 9 heteroatoms. The first-order chi connectivity index (χ1) is 13.5. The Hall–Kier alpha value is -2.29. The van der Waals surface area contributed by atoms with Crippen molar-refractivity contribution in [2.45, 2.75) is 24.7 Å². The number of anilines is 1. The van der Waals surface area contributed by atoms with E-state index >= 15 is 0 Å². The molecule has 156 valence electrons. The Morgan fingerprint density at radius 2 is 1.69 bits per heavy atom. The van der Waals surface area contributed by atoms with E-state index in [1.807, 2.05) is 13.8 Å². The molecule has 2 aromatic carbocycles. The Morgan fingerprint density at radius 1 is 1.10 bits per heavy atom. The van der Waals surface area contributed by atoms with E-state index in [-0.39, 0.29) is 28.1 Å². The number of primary sulfonamides is 1. The predicted octanol–water partition coefficient (Wildman–Crippen LogP) is 3.38. The third-order valence-corrected chi connectivity index (χ3v) is 6.63. The Bertz CT molecular complexity index is 1050. The summed E-state index contributed by atoms with van der Waals surface area (Å²) < 4.78 is 33.4. The third-order valence-electron chi connectivity index (χ3n) is 5.41. The number of methoxy groups -OCH3 is 2. The molecule has 0 bridgehead atoms. The van der Waals surface area contributed by atoms with Crippen molar-refractivity contribution in [3.05, 3.63) is 47.0 Å². The number of amides is 1. The number of rotatable bonds is 6. The normalized spacial score (nSPS) is 20.1. The van der Waals surface area contributed by atoms with Crippen LogP contribution in [0.25, 0.3) is 0 Å². The molecule has 1 aliphatic carbocycles. The van der Waals surface area contributed by atoms with E-state index in [0.717, 1.165) is 5.56 Å². The van der Waals surface area contributed by atoms with Crippen molar-refractivity contribution in [1.82, 2.24) is 0 Å². The van der Waals surface area contributed by atoms with Crippen LogP contribution in [-0.2, 0) is 14.8 Å². The Balaban J connectivity index is 1.83. The minimum Gasteiger partial charge on any atom is -0.495 e. The molecule has 2 aromatic rings. The molecule has 0 saturated heterocycles. The van der Waals surface area contributed by atoms with E-state index in [1.165, 1.54) is 26.4 Å². The molecule has 0 heterocycles. The number of carbonyl (C=O) groups excluding carboxylic acids is 1. The second-order valence-corrected chi connectivity index (χ2v) is 9.54. The van der Waals surface area contributed by atoms with E-state index in [0.29, 0.717) is 22.2 Å². The van der Waals surface area contributed by atoms with Gasteiger partial charge in [-0.05, 0) is 29.2 Å². The van der Waals surface area contributed by atoms with Gasteiger partial charge in [-0.25, -0.2) is 13.6 Å². The average Bonchev–Trinajstić information content (AvgIpc) is 3.23. The maximum atomic E-state index is 13.0. The number of hydrogen-bond donors (Lipinski definition) is 2. The highest BCUT2D eigenvalue weighted by Crippen LogP contribution is 2.64. The fraction of sp³-hybridized carbons (Fsp3) is 0.350. The van der Waals surface area contributed by atoms with Gasteiger partial charge in [-0.15, -0.1) is 0 Å². The predicted molar refractivity (Wildman–Crippen MR) is 111 cm³/mol. The number of hydrogen-bond acceptors (Lipinski definition) is 5. The second-order valence-electron chi connectivity index (χ2n) is 7.57. The maximum absolute atomic E-state index is 13.0. The van der Waals surface area contributed by atoms with Gasteiger partial charge >= 0.3 is 0 Å². The average molecular weight is 439 g/mol.